The van der Waals surface area contributed by atoms with Crippen LogP contribution in [0.5, 0.6) is 0 Å². The van der Waals surface area contributed by atoms with E-state index in [2.05, 4.69) is 0 Å². The number of hydrogen-bond acceptors (Lipinski definition) is 3. The Hall–Kier alpha value is -0.700. The molecule has 1 saturated carbocycles. The van der Waals surface area contributed by atoms with Crippen molar-refractivity contribution in [3.8, 4) is 0 Å². The molecule has 0 aromatic carbocycles. The Bertz CT molecular complexity index is 210. The first kappa shape index (κ1) is 13.4. The van der Waals surface area contributed by atoms with Crippen molar-refractivity contribution < 1.29 is 14.3 Å². The molecule has 0 aromatic rings. The third-order valence-corrected chi connectivity index (χ3v) is 3.31. The van der Waals surface area contributed by atoms with Crippen molar-refractivity contribution in [2.45, 2.75) is 58.5 Å². The number of ether oxygens (including phenoxy) is 1. The van der Waals surface area contributed by atoms with Crippen molar-refractivity contribution >= 4 is 11.6 Å². The molecule has 1 saturated heterocycles. The molecule has 0 amide bonds. The normalized spacial score (nSPS) is 25.0. The molecule has 3 nitrogen and oxygen atoms in total. The maximum atomic E-state index is 10.6. The van der Waals surface area contributed by atoms with Gasteiger partial charge in [0.15, 0.2) is 5.78 Å². The first-order valence-corrected chi connectivity index (χ1v) is 6.23. The van der Waals surface area contributed by atoms with Gasteiger partial charge in [-0.1, -0.05) is 12.8 Å². The first-order chi connectivity index (χ1) is 7.61. The molecule has 1 aliphatic heterocycles. The third-order valence-electron chi connectivity index (χ3n) is 3.31. The van der Waals surface area contributed by atoms with E-state index in [-0.39, 0.29) is 11.9 Å². The largest absolute Gasteiger partial charge is 0.370 e. The highest BCUT2D eigenvalue weighted by Crippen LogP contribution is 2.24. The van der Waals surface area contributed by atoms with Gasteiger partial charge in [-0.15, -0.1) is 0 Å². The van der Waals surface area contributed by atoms with E-state index in [0.717, 1.165) is 32.3 Å². The van der Waals surface area contributed by atoms with Gasteiger partial charge in [-0.3, -0.25) is 9.59 Å². The highest BCUT2D eigenvalue weighted by molar-refractivity contribution is 5.80. The minimum absolute atomic E-state index is 0.0741. The Kier molecular flexibility index (Phi) is 5.67. The Labute approximate surface area is 97.5 Å². The number of hydrogen-bond donors (Lipinski definition) is 0. The second-order valence-corrected chi connectivity index (χ2v) is 4.70. The zero-order valence-electron chi connectivity index (χ0n) is 10.3. The fraction of sp³-hybridized carbons (Fsp3) is 0.846. The fourth-order valence-electron chi connectivity index (χ4n) is 2.23. The number of Topliss-reactive ketones (excluding diaryl/α,β-unsaturated/α-hetero) is 2. The Morgan fingerprint density at radius 3 is 1.81 bits per heavy atom. The maximum absolute atomic E-state index is 10.6. The van der Waals surface area contributed by atoms with Crippen molar-refractivity contribution in [3.63, 3.8) is 0 Å². The maximum Gasteiger partial charge on any atom is 0.158 e. The summed E-state index contributed by atoms with van der Waals surface area (Å²) in [7, 11) is 0. The molecule has 16 heavy (non-hydrogen) atoms. The number of rotatable bonds is 2. The average molecular weight is 226 g/mol. The fourth-order valence-corrected chi connectivity index (χ4v) is 2.23. The van der Waals surface area contributed by atoms with Crippen molar-refractivity contribution in [3.05, 3.63) is 0 Å². The summed E-state index contributed by atoms with van der Waals surface area (Å²) in [6.07, 6.45) is 6.73. The molecule has 1 unspecified atom stereocenters. The van der Waals surface area contributed by atoms with E-state index in [1.807, 2.05) is 0 Å². The van der Waals surface area contributed by atoms with Crippen molar-refractivity contribution in [1.82, 2.24) is 0 Å². The van der Waals surface area contributed by atoms with Gasteiger partial charge >= 0.3 is 0 Å². The molecule has 92 valence electrons. The highest BCUT2D eigenvalue weighted by atomic mass is 16.5. The van der Waals surface area contributed by atoms with Gasteiger partial charge in [-0.2, -0.15) is 0 Å². The third kappa shape index (κ3) is 4.44. The molecule has 0 spiro atoms. The predicted octanol–water partition coefficient (Wildman–Crippen LogP) is 2.52. The second kappa shape index (κ2) is 6.79. The monoisotopic (exact) mass is 226 g/mol. The molecule has 0 bridgehead atoms. The molecule has 0 aromatic heterocycles. The van der Waals surface area contributed by atoms with Crippen LogP contribution in [0, 0.1) is 5.92 Å². The smallest absolute Gasteiger partial charge is 0.158 e. The molecule has 0 radical (unpaired) electrons. The zero-order chi connectivity index (χ0) is 12.0. The van der Waals surface area contributed by atoms with Gasteiger partial charge in [-0.25, -0.2) is 0 Å². The van der Waals surface area contributed by atoms with Gasteiger partial charge in [0.25, 0.3) is 0 Å². The summed E-state index contributed by atoms with van der Waals surface area (Å²) < 4.78 is 5.06. The predicted molar refractivity (Wildman–Crippen MR) is 62.3 cm³/mol. The van der Waals surface area contributed by atoms with Crippen LogP contribution in [-0.2, 0) is 14.3 Å². The van der Waals surface area contributed by atoms with Crippen LogP contribution in [0.3, 0.4) is 0 Å². The van der Waals surface area contributed by atoms with Crippen LogP contribution in [0.25, 0.3) is 0 Å². The second-order valence-electron chi connectivity index (χ2n) is 4.70. The summed E-state index contributed by atoms with van der Waals surface area (Å²) in [6.45, 7) is 4.05. The lowest BCUT2D eigenvalue weighted by Crippen LogP contribution is -2.14. The van der Waals surface area contributed by atoms with Crippen LogP contribution >= 0.6 is 0 Å². The quantitative estimate of drug-likeness (QED) is 0.726. The standard InChI is InChI=1S/C7H12O.C6H10O2/c1-6(8)7-4-2-3-5-7;1-5(7)6-3-2-4-8-6/h7H,2-5H2,1H3;6H,2-4H2,1H3. The lowest BCUT2D eigenvalue weighted by atomic mass is 10.0. The van der Waals surface area contributed by atoms with Gasteiger partial charge in [0.05, 0.1) is 0 Å². The van der Waals surface area contributed by atoms with Gasteiger partial charge in [0.1, 0.15) is 11.9 Å². The molecule has 0 N–H and O–H groups in total. The van der Waals surface area contributed by atoms with Gasteiger partial charge in [-0.05, 0) is 39.5 Å². The Balaban J connectivity index is 0.000000160. The van der Waals surface area contributed by atoms with Crippen LogP contribution in [0.15, 0.2) is 0 Å². The summed E-state index contributed by atoms with van der Waals surface area (Å²) in [4.78, 5) is 21.2. The minimum Gasteiger partial charge on any atom is -0.370 e. The summed E-state index contributed by atoms with van der Waals surface area (Å²) in [5, 5.41) is 0. The molecular formula is C13H22O3. The minimum atomic E-state index is -0.0741. The van der Waals surface area contributed by atoms with Crippen LogP contribution in [0.4, 0.5) is 0 Å². The van der Waals surface area contributed by atoms with Gasteiger partial charge in [0, 0.05) is 12.5 Å². The van der Waals surface area contributed by atoms with Crippen LogP contribution in [0.2, 0.25) is 0 Å². The lowest BCUT2D eigenvalue weighted by Gasteiger charge is -2.00. The molecule has 2 fully saturated rings. The van der Waals surface area contributed by atoms with E-state index >= 15 is 0 Å². The molecule has 1 atom stereocenters. The van der Waals surface area contributed by atoms with Crippen LogP contribution in [-0.4, -0.2) is 24.3 Å². The molecule has 1 aliphatic carbocycles. The lowest BCUT2D eigenvalue weighted by molar-refractivity contribution is -0.125. The molecular weight excluding hydrogens is 204 g/mol. The summed E-state index contributed by atoms with van der Waals surface area (Å²) in [5.74, 6) is 0.986. The molecule has 1 heterocycles. The van der Waals surface area contributed by atoms with E-state index in [9.17, 15) is 9.59 Å². The van der Waals surface area contributed by atoms with Crippen molar-refractivity contribution in [2.24, 2.45) is 5.92 Å². The van der Waals surface area contributed by atoms with E-state index in [1.165, 1.54) is 12.8 Å². The molecule has 3 heteroatoms. The highest BCUT2D eigenvalue weighted by Gasteiger charge is 2.19. The number of carbonyl (C=O) groups is 2. The topological polar surface area (TPSA) is 43.4 Å². The summed E-state index contributed by atoms with van der Waals surface area (Å²) in [5.41, 5.74) is 0. The van der Waals surface area contributed by atoms with E-state index in [0.29, 0.717) is 11.7 Å². The molecule has 2 rings (SSSR count). The Morgan fingerprint density at radius 1 is 0.938 bits per heavy atom. The first-order valence-electron chi connectivity index (χ1n) is 6.23. The number of carbonyl (C=O) groups excluding carboxylic acids is 2. The average Bonchev–Trinajstić information content (AvgIpc) is 2.93. The van der Waals surface area contributed by atoms with Gasteiger partial charge < -0.3 is 4.74 Å². The molecule has 2 aliphatic rings. The van der Waals surface area contributed by atoms with Crippen molar-refractivity contribution in [2.75, 3.05) is 6.61 Å². The Morgan fingerprint density at radius 2 is 1.56 bits per heavy atom. The summed E-state index contributed by atoms with van der Waals surface area (Å²) in [6, 6.07) is 0. The van der Waals surface area contributed by atoms with Crippen molar-refractivity contribution in [1.29, 1.82) is 0 Å². The summed E-state index contributed by atoms with van der Waals surface area (Å²) >= 11 is 0. The van der Waals surface area contributed by atoms with E-state index in [1.54, 1.807) is 13.8 Å². The zero-order valence-corrected chi connectivity index (χ0v) is 10.3. The van der Waals surface area contributed by atoms with E-state index in [4.69, 9.17) is 4.74 Å². The number of ketones is 2. The SMILES string of the molecule is CC(=O)C1CCCC1.CC(=O)C1CCCO1. The van der Waals surface area contributed by atoms with Gasteiger partial charge in [0.2, 0.25) is 0 Å². The van der Waals surface area contributed by atoms with Crippen LogP contribution in [0.1, 0.15) is 52.4 Å². The van der Waals surface area contributed by atoms with Crippen LogP contribution < -0.4 is 0 Å². The van der Waals surface area contributed by atoms with E-state index < -0.39 is 0 Å².